The lowest BCUT2D eigenvalue weighted by atomic mass is 10.2. The Balaban J connectivity index is 2.28. The molecule has 1 unspecified atom stereocenters. The summed E-state index contributed by atoms with van der Waals surface area (Å²) in [5.41, 5.74) is 4.49. The van der Waals surface area contributed by atoms with E-state index in [9.17, 15) is 0 Å². The van der Waals surface area contributed by atoms with Gasteiger partial charge in [-0.1, -0.05) is 24.1 Å². The number of aromatic nitrogens is 2. The van der Waals surface area contributed by atoms with Gasteiger partial charge in [0.1, 0.15) is 0 Å². The van der Waals surface area contributed by atoms with Crippen molar-refractivity contribution in [2.24, 2.45) is 0 Å². The van der Waals surface area contributed by atoms with Crippen molar-refractivity contribution in [3.05, 3.63) is 47.3 Å². The summed E-state index contributed by atoms with van der Waals surface area (Å²) < 4.78 is 1.98. The van der Waals surface area contributed by atoms with Gasteiger partial charge in [0.2, 0.25) is 0 Å². The van der Waals surface area contributed by atoms with E-state index in [1.165, 1.54) is 5.56 Å². The van der Waals surface area contributed by atoms with Crippen molar-refractivity contribution < 1.29 is 0 Å². The van der Waals surface area contributed by atoms with E-state index in [2.05, 4.69) is 35.4 Å². The summed E-state index contributed by atoms with van der Waals surface area (Å²) in [5, 5.41) is 7.91. The highest BCUT2D eigenvalue weighted by atomic mass is 15.3. The number of nitrogens with zero attached hydrogens (tertiary/aromatic N) is 2. The smallest absolute Gasteiger partial charge is 0.0660 e. The molecule has 2 rings (SSSR count). The third-order valence-corrected chi connectivity index (χ3v) is 3.28. The fourth-order valence-corrected chi connectivity index (χ4v) is 2.07. The van der Waals surface area contributed by atoms with E-state index in [1.54, 1.807) is 0 Å². The second kappa shape index (κ2) is 5.73. The monoisotopic (exact) mass is 253 g/mol. The molecule has 2 aromatic rings. The zero-order chi connectivity index (χ0) is 13.8. The molecule has 1 aromatic heterocycles. The van der Waals surface area contributed by atoms with Gasteiger partial charge in [-0.2, -0.15) is 5.10 Å². The van der Waals surface area contributed by atoms with Crippen LogP contribution in [0.1, 0.15) is 23.9 Å². The molecule has 0 aliphatic heterocycles. The van der Waals surface area contributed by atoms with Gasteiger partial charge in [0, 0.05) is 17.8 Å². The summed E-state index contributed by atoms with van der Waals surface area (Å²) in [5.74, 6) is 2.67. The maximum Gasteiger partial charge on any atom is 0.0660 e. The lowest BCUT2D eigenvalue weighted by Gasteiger charge is -2.08. The zero-order valence-corrected chi connectivity index (χ0v) is 11.6. The maximum atomic E-state index is 5.38. The highest BCUT2D eigenvalue weighted by molar-refractivity contribution is 5.36. The summed E-state index contributed by atoms with van der Waals surface area (Å²) in [6.07, 6.45) is 5.38. The highest BCUT2D eigenvalue weighted by Gasteiger charge is 2.12. The van der Waals surface area contributed by atoms with E-state index in [-0.39, 0.29) is 6.04 Å². The van der Waals surface area contributed by atoms with Gasteiger partial charge in [0.05, 0.1) is 17.4 Å². The van der Waals surface area contributed by atoms with Crippen LogP contribution in [0.2, 0.25) is 0 Å². The highest BCUT2D eigenvalue weighted by Crippen LogP contribution is 2.17. The minimum atomic E-state index is 0.0684. The van der Waals surface area contributed by atoms with Crippen LogP contribution in [-0.4, -0.2) is 15.8 Å². The average molecular weight is 253 g/mol. The molecule has 3 nitrogen and oxygen atoms in total. The third kappa shape index (κ3) is 2.86. The molecule has 0 aliphatic carbocycles. The van der Waals surface area contributed by atoms with Crippen LogP contribution >= 0.6 is 0 Å². The number of para-hydroxylation sites is 1. The number of hydrogen-bond acceptors (Lipinski definition) is 2. The second-order valence-electron chi connectivity index (χ2n) is 4.67. The first-order chi connectivity index (χ1) is 9.13. The van der Waals surface area contributed by atoms with Crippen molar-refractivity contribution in [3.63, 3.8) is 0 Å². The summed E-state index contributed by atoms with van der Waals surface area (Å²) in [6.45, 7) is 6.84. The van der Waals surface area contributed by atoms with Crippen molar-refractivity contribution in [1.29, 1.82) is 0 Å². The van der Waals surface area contributed by atoms with Gasteiger partial charge in [0.25, 0.3) is 0 Å². The largest absolute Gasteiger partial charge is 0.300 e. The zero-order valence-electron chi connectivity index (χ0n) is 11.6. The van der Waals surface area contributed by atoms with Crippen molar-refractivity contribution in [2.75, 3.05) is 0 Å². The predicted octanol–water partition coefficient (Wildman–Crippen LogP) is 2.60. The van der Waals surface area contributed by atoms with Crippen LogP contribution in [0.3, 0.4) is 0 Å². The average Bonchev–Trinajstić information content (AvgIpc) is 2.72. The number of terminal acetylenes is 1. The summed E-state index contributed by atoms with van der Waals surface area (Å²) >= 11 is 0. The van der Waals surface area contributed by atoms with E-state index in [4.69, 9.17) is 6.42 Å². The van der Waals surface area contributed by atoms with Crippen LogP contribution in [-0.2, 0) is 6.54 Å². The molecule has 19 heavy (non-hydrogen) atoms. The first kappa shape index (κ1) is 13.4. The Hall–Kier alpha value is -2.05. The SMILES string of the molecule is C#CC(C)NCc1c(C)nn(-c2ccccc2)c1C. The van der Waals surface area contributed by atoms with Crippen LogP contribution in [0.5, 0.6) is 0 Å². The number of aryl methyl sites for hydroxylation is 1. The standard InChI is InChI=1S/C16H19N3/c1-5-12(2)17-11-16-13(3)18-19(14(16)4)15-9-7-6-8-10-15/h1,6-10,12,17H,11H2,2-4H3. The van der Waals surface area contributed by atoms with Crippen LogP contribution in [0.25, 0.3) is 5.69 Å². The molecule has 0 bridgehead atoms. The molecule has 0 aliphatic rings. The molecular formula is C16H19N3. The summed E-state index contributed by atoms with van der Waals surface area (Å²) in [6, 6.07) is 10.2. The third-order valence-electron chi connectivity index (χ3n) is 3.28. The molecule has 0 amide bonds. The molecule has 3 heteroatoms. The van der Waals surface area contributed by atoms with Crippen molar-refractivity contribution >= 4 is 0 Å². The van der Waals surface area contributed by atoms with Gasteiger partial charge in [-0.25, -0.2) is 4.68 Å². The topological polar surface area (TPSA) is 29.9 Å². The van der Waals surface area contributed by atoms with E-state index < -0.39 is 0 Å². The van der Waals surface area contributed by atoms with E-state index in [0.717, 1.165) is 23.6 Å². The normalized spacial score (nSPS) is 12.1. The lowest BCUT2D eigenvalue weighted by Crippen LogP contribution is -2.24. The molecule has 1 heterocycles. The maximum absolute atomic E-state index is 5.38. The Morgan fingerprint density at radius 1 is 1.32 bits per heavy atom. The van der Waals surface area contributed by atoms with Gasteiger partial charge in [-0.15, -0.1) is 6.42 Å². The molecule has 1 N–H and O–H groups in total. The molecule has 98 valence electrons. The quantitative estimate of drug-likeness (QED) is 0.849. The Labute approximate surface area is 114 Å². The molecule has 0 saturated carbocycles. The van der Waals surface area contributed by atoms with Crippen molar-refractivity contribution in [3.8, 4) is 18.0 Å². The first-order valence-electron chi connectivity index (χ1n) is 6.43. The van der Waals surface area contributed by atoms with E-state index in [1.807, 2.05) is 36.7 Å². The summed E-state index contributed by atoms with van der Waals surface area (Å²) in [4.78, 5) is 0. The predicted molar refractivity (Wildman–Crippen MR) is 78.2 cm³/mol. The molecule has 0 saturated heterocycles. The Morgan fingerprint density at radius 3 is 2.63 bits per heavy atom. The number of benzene rings is 1. The fourth-order valence-electron chi connectivity index (χ4n) is 2.07. The number of rotatable bonds is 4. The Kier molecular flexibility index (Phi) is 4.03. The second-order valence-corrected chi connectivity index (χ2v) is 4.67. The van der Waals surface area contributed by atoms with Crippen LogP contribution in [0.15, 0.2) is 30.3 Å². The minimum absolute atomic E-state index is 0.0684. The molecule has 1 atom stereocenters. The molecule has 1 aromatic carbocycles. The van der Waals surface area contributed by atoms with E-state index in [0.29, 0.717) is 0 Å². The fraction of sp³-hybridized carbons (Fsp3) is 0.312. The van der Waals surface area contributed by atoms with Gasteiger partial charge >= 0.3 is 0 Å². The van der Waals surface area contributed by atoms with Crippen molar-refractivity contribution in [2.45, 2.75) is 33.4 Å². The van der Waals surface area contributed by atoms with Gasteiger partial charge in [-0.3, -0.25) is 5.32 Å². The van der Waals surface area contributed by atoms with Crippen molar-refractivity contribution in [1.82, 2.24) is 15.1 Å². The first-order valence-corrected chi connectivity index (χ1v) is 6.43. The van der Waals surface area contributed by atoms with Gasteiger partial charge in [-0.05, 0) is 32.9 Å². The Bertz CT molecular complexity index is 590. The number of hydrogen-bond donors (Lipinski definition) is 1. The van der Waals surface area contributed by atoms with Crippen LogP contribution in [0.4, 0.5) is 0 Å². The molecular weight excluding hydrogens is 234 g/mol. The number of nitrogens with one attached hydrogen (secondary N) is 1. The van der Waals surface area contributed by atoms with Crippen LogP contribution in [0, 0.1) is 26.2 Å². The minimum Gasteiger partial charge on any atom is -0.300 e. The van der Waals surface area contributed by atoms with E-state index >= 15 is 0 Å². The summed E-state index contributed by atoms with van der Waals surface area (Å²) in [7, 11) is 0. The molecule has 0 fully saturated rings. The molecule has 0 radical (unpaired) electrons. The van der Waals surface area contributed by atoms with Crippen LogP contribution < -0.4 is 5.32 Å². The molecule has 0 spiro atoms. The Morgan fingerprint density at radius 2 is 2.00 bits per heavy atom. The van der Waals surface area contributed by atoms with Gasteiger partial charge in [0.15, 0.2) is 0 Å². The van der Waals surface area contributed by atoms with Gasteiger partial charge < -0.3 is 0 Å². The lowest BCUT2D eigenvalue weighted by molar-refractivity contribution is 0.644.